The van der Waals surface area contributed by atoms with Crippen molar-refractivity contribution in [2.75, 3.05) is 13.2 Å². The highest BCUT2D eigenvalue weighted by atomic mass is 16.6. The van der Waals surface area contributed by atoms with E-state index < -0.39 is 24.4 Å². The van der Waals surface area contributed by atoms with E-state index in [2.05, 4.69) is 10.0 Å². The monoisotopic (exact) mass is 189 g/mol. The van der Waals surface area contributed by atoms with Crippen LogP contribution in [-0.4, -0.2) is 52.9 Å². The third kappa shape index (κ3) is 2.09. The van der Waals surface area contributed by atoms with Crippen molar-refractivity contribution in [1.82, 2.24) is 0 Å². The van der Waals surface area contributed by atoms with Crippen molar-refractivity contribution >= 4 is 0 Å². The van der Waals surface area contributed by atoms with Gasteiger partial charge >= 0.3 is 0 Å². The van der Waals surface area contributed by atoms with Gasteiger partial charge in [-0.1, -0.05) is 5.11 Å². The molecular formula is C6H11N3O4. The van der Waals surface area contributed by atoms with Crippen LogP contribution >= 0.6 is 0 Å². The van der Waals surface area contributed by atoms with Crippen molar-refractivity contribution in [3.63, 3.8) is 0 Å². The highest BCUT2D eigenvalue weighted by Crippen LogP contribution is 2.21. The van der Waals surface area contributed by atoms with E-state index in [1.165, 1.54) is 0 Å². The molecule has 0 aromatic rings. The second-order valence-corrected chi connectivity index (χ2v) is 2.79. The molecule has 4 atom stereocenters. The summed E-state index contributed by atoms with van der Waals surface area (Å²) in [4.78, 5) is 2.50. The average molecular weight is 189 g/mol. The number of rotatable bonds is 3. The van der Waals surface area contributed by atoms with Crippen molar-refractivity contribution in [3.8, 4) is 0 Å². The van der Waals surface area contributed by atoms with Gasteiger partial charge in [-0.05, 0) is 5.53 Å². The lowest BCUT2D eigenvalue weighted by Gasteiger charge is -2.11. The summed E-state index contributed by atoms with van der Waals surface area (Å²) >= 11 is 0. The maximum atomic E-state index is 9.32. The average Bonchev–Trinajstić information content (AvgIpc) is 2.41. The fraction of sp³-hybridized carbons (Fsp3) is 1.00. The molecule has 1 heterocycles. The molecule has 0 aromatic carbocycles. The quantitative estimate of drug-likeness (QED) is 0.293. The topological polar surface area (TPSA) is 119 Å². The third-order valence-electron chi connectivity index (χ3n) is 1.97. The summed E-state index contributed by atoms with van der Waals surface area (Å²) in [5.74, 6) is 0. The summed E-state index contributed by atoms with van der Waals surface area (Å²) in [5, 5.41) is 30.5. The number of nitrogens with zero attached hydrogens (tertiary/aromatic N) is 3. The lowest BCUT2D eigenvalue weighted by molar-refractivity contribution is -0.0192. The van der Waals surface area contributed by atoms with Gasteiger partial charge in [-0.15, -0.1) is 0 Å². The van der Waals surface area contributed by atoms with Crippen LogP contribution in [0, 0.1) is 0 Å². The van der Waals surface area contributed by atoms with Crippen molar-refractivity contribution in [1.29, 1.82) is 0 Å². The van der Waals surface area contributed by atoms with E-state index in [9.17, 15) is 10.2 Å². The molecule has 74 valence electrons. The number of hydrogen-bond acceptors (Lipinski definition) is 5. The van der Waals surface area contributed by atoms with Gasteiger partial charge in [0.2, 0.25) is 0 Å². The molecule has 7 nitrogen and oxygen atoms in total. The first-order chi connectivity index (χ1) is 6.20. The molecule has 0 radical (unpaired) electrons. The van der Waals surface area contributed by atoms with Crippen LogP contribution in [0.3, 0.4) is 0 Å². The highest BCUT2D eigenvalue weighted by molar-refractivity contribution is 4.91. The third-order valence-corrected chi connectivity index (χ3v) is 1.97. The first-order valence-corrected chi connectivity index (χ1v) is 3.84. The highest BCUT2D eigenvalue weighted by Gasteiger charge is 2.41. The number of aliphatic hydroxyl groups is 3. The summed E-state index contributed by atoms with van der Waals surface area (Å²) in [6.07, 6.45) is -3.76. The van der Waals surface area contributed by atoms with E-state index >= 15 is 0 Å². The van der Waals surface area contributed by atoms with Gasteiger partial charge < -0.3 is 20.1 Å². The Morgan fingerprint density at radius 2 is 1.92 bits per heavy atom. The molecule has 13 heavy (non-hydrogen) atoms. The van der Waals surface area contributed by atoms with Gasteiger partial charge in [0.15, 0.2) is 0 Å². The van der Waals surface area contributed by atoms with Crippen LogP contribution in [0.2, 0.25) is 0 Å². The Morgan fingerprint density at radius 3 is 2.38 bits per heavy atom. The molecule has 7 heteroatoms. The minimum Gasteiger partial charge on any atom is -0.394 e. The smallest absolute Gasteiger partial charge is 0.111 e. The minimum absolute atomic E-state index is 0.0504. The standard InChI is InChI=1S/C6H11N3O4/c7-9-8-1-3-5(11)6(12)4(2-10)13-3/h3-6,10-12H,1-2H2/t3-,4-,5-,6-/m1/s1. The van der Waals surface area contributed by atoms with Crippen LogP contribution in [0.4, 0.5) is 0 Å². The van der Waals surface area contributed by atoms with Crippen LogP contribution < -0.4 is 0 Å². The molecule has 1 rings (SSSR count). The Bertz CT molecular complexity index is 218. The van der Waals surface area contributed by atoms with Crippen molar-refractivity contribution in [2.45, 2.75) is 24.4 Å². The number of aliphatic hydroxyl groups excluding tert-OH is 3. The summed E-state index contributed by atoms with van der Waals surface area (Å²) in [6, 6.07) is 0. The van der Waals surface area contributed by atoms with Gasteiger partial charge in [0.05, 0.1) is 19.3 Å². The fourth-order valence-corrected chi connectivity index (χ4v) is 1.24. The predicted octanol–water partition coefficient (Wildman–Crippen LogP) is -1.22. The van der Waals surface area contributed by atoms with Gasteiger partial charge in [0, 0.05) is 4.91 Å². The van der Waals surface area contributed by atoms with Crippen molar-refractivity contribution < 1.29 is 20.1 Å². The fourth-order valence-electron chi connectivity index (χ4n) is 1.24. The Kier molecular flexibility index (Phi) is 3.47. The number of azide groups is 1. The van der Waals surface area contributed by atoms with E-state index in [0.29, 0.717) is 0 Å². The molecule has 0 saturated carbocycles. The molecule has 1 aliphatic heterocycles. The number of hydrogen-bond donors (Lipinski definition) is 3. The van der Waals surface area contributed by atoms with Crippen LogP contribution in [-0.2, 0) is 4.74 Å². The second kappa shape index (κ2) is 4.40. The van der Waals surface area contributed by atoms with Crippen molar-refractivity contribution in [2.24, 2.45) is 5.11 Å². The molecule has 1 saturated heterocycles. The molecule has 0 spiro atoms. The van der Waals surface area contributed by atoms with Crippen molar-refractivity contribution in [3.05, 3.63) is 10.4 Å². The molecule has 0 unspecified atom stereocenters. The first-order valence-electron chi connectivity index (χ1n) is 3.84. The summed E-state index contributed by atoms with van der Waals surface area (Å²) in [5.41, 5.74) is 8.01. The summed E-state index contributed by atoms with van der Waals surface area (Å²) < 4.78 is 5.02. The maximum absolute atomic E-state index is 9.32. The van der Waals surface area contributed by atoms with Crippen LogP contribution in [0.1, 0.15) is 0 Å². The Labute approximate surface area is 74.2 Å². The molecule has 3 N–H and O–H groups in total. The number of ether oxygens (including phenoxy) is 1. The Hall–Kier alpha value is -0.850. The van der Waals surface area contributed by atoms with Crippen LogP contribution in [0.25, 0.3) is 10.4 Å². The predicted molar refractivity (Wildman–Crippen MR) is 41.8 cm³/mol. The van der Waals surface area contributed by atoms with E-state index in [0.717, 1.165) is 0 Å². The van der Waals surface area contributed by atoms with E-state index in [1.807, 2.05) is 0 Å². The molecule has 0 aliphatic carbocycles. The largest absolute Gasteiger partial charge is 0.394 e. The van der Waals surface area contributed by atoms with Gasteiger partial charge in [-0.3, -0.25) is 0 Å². The molecular weight excluding hydrogens is 178 g/mol. The first kappa shape index (κ1) is 10.2. The molecule has 1 fully saturated rings. The zero-order valence-electron chi connectivity index (χ0n) is 6.82. The van der Waals surface area contributed by atoms with E-state index in [1.54, 1.807) is 0 Å². The molecule has 0 bridgehead atoms. The molecule has 0 aromatic heterocycles. The Balaban J connectivity index is 2.54. The van der Waals surface area contributed by atoms with Gasteiger partial charge in [-0.2, -0.15) is 0 Å². The molecule has 0 amide bonds. The van der Waals surface area contributed by atoms with Gasteiger partial charge in [0.1, 0.15) is 18.3 Å². The second-order valence-electron chi connectivity index (χ2n) is 2.79. The van der Waals surface area contributed by atoms with Gasteiger partial charge in [0.25, 0.3) is 0 Å². The normalized spacial score (nSPS) is 38.7. The van der Waals surface area contributed by atoms with Crippen LogP contribution in [0.5, 0.6) is 0 Å². The summed E-state index contributed by atoms with van der Waals surface area (Å²) in [7, 11) is 0. The lowest BCUT2D eigenvalue weighted by Crippen LogP contribution is -2.34. The SMILES string of the molecule is [N-]=[N+]=NC[C@H]1O[C@H](CO)[C@@H](O)[C@@H]1O. The Morgan fingerprint density at radius 1 is 1.31 bits per heavy atom. The van der Waals surface area contributed by atoms with Gasteiger partial charge in [-0.25, -0.2) is 0 Å². The maximum Gasteiger partial charge on any atom is 0.111 e. The van der Waals surface area contributed by atoms with E-state index in [-0.39, 0.29) is 13.2 Å². The van der Waals surface area contributed by atoms with E-state index in [4.69, 9.17) is 15.4 Å². The van der Waals surface area contributed by atoms with Crippen LogP contribution in [0.15, 0.2) is 5.11 Å². The minimum atomic E-state index is -1.12. The molecule has 1 aliphatic rings. The zero-order chi connectivity index (χ0) is 9.84. The summed E-state index contributed by atoms with van der Waals surface area (Å²) in [6.45, 7) is -0.420. The zero-order valence-corrected chi connectivity index (χ0v) is 6.82. The lowest BCUT2D eigenvalue weighted by atomic mass is 10.1.